The Morgan fingerprint density at radius 1 is 1.47 bits per heavy atom. The molecule has 3 N–H and O–H groups in total. The number of hydrogen-bond acceptors (Lipinski definition) is 7. The fraction of sp³-hybridized carbons (Fsp3) is 0.300. The summed E-state index contributed by atoms with van der Waals surface area (Å²) in [4.78, 5) is 20.8. The number of nitrogens with one attached hydrogen (secondary N) is 1. The lowest BCUT2D eigenvalue weighted by atomic mass is 9.83. The number of methoxy groups -OCH3 is 1. The molecule has 0 fully saturated rings. The first-order valence-electron chi connectivity index (χ1n) is 8.90. The van der Waals surface area contributed by atoms with Gasteiger partial charge in [0.05, 0.1) is 5.56 Å². The van der Waals surface area contributed by atoms with E-state index < -0.39 is 30.3 Å². The van der Waals surface area contributed by atoms with Crippen LogP contribution in [0.25, 0.3) is 0 Å². The molecule has 8 nitrogen and oxygen atoms in total. The normalized spacial score (nSPS) is 23.1. The molecule has 0 unspecified atom stereocenters. The van der Waals surface area contributed by atoms with Gasteiger partial charge in [0.2, 0.25) is 0 Å². The number of aliphatic imine (C=N–C) groups is 1. The maximum absolute atomic E-state index is 13.5. The molecule has 1 aromatic carbocycles. The van der Waals surface area contributed by atoms with Crippen molar-refractivity contribution in [3.63, 3.8) is 0 Å². The Kier molecular flexibility index (Phi) is 6.20. The van der Waals surface area contributed by atoms with Gasteiger partial charge >= 0.3 is 0 Å². The topological polar surface area (TPSA) is 123 Å². The first-order valence-corrected chi connectivity index (χ1v) is 9.28. The number of nitriles is 1. The third kappa shape index (κ3) is 4.06. The van der Waals surface area contributed by atoms with Crippen LogP contribution in [0.1, 0.15) is 28.5 Å². The number of ether oxygens (including phenoxy) is 2. The number of aromatic nitrogens is 1. The molecule has 0 saturated carbocycles. The van der Waals surface area contributed by atoms with E-state index in [9.17, 15) is 9.18 Å². The molecule has 0 radical (unpaired) electrons. The number of rotatable bonds is 5. The van der Waals surface area contributed by atoms with Gasteiger partial charge in [-0.15, -0.1) is 0 Å². The van der Waals surface area contributed by atoms with Crippen LogP contribution in [0.3, 0.4) is 0 Å². The number of nitrogens with two attached hydrogens (primary N) is 1. The van der Waals surface area contributed by atoms with Gasteiger partial charge in [0.15, 0.2) is 6.10 Å². The minimum absolute atomic E-state index is 0.136. The van der Waals surface area contributed by atoms with Crippen molar-refractivity contribution in [1.29, 1.82) is 5.26 Å². The van der Waals surface area contributed by atoms with Crippen molar-refractivity contribution in [1.82, 2.24) is 4.98 Å². The van der Waals surface area contributed by atoms with Gasteiger partial charge in [-0.25, -0.2) is 14.4 Å². The van der Waals surface area contributed by atoms with Gasteiger partial charge in [-0.05, 0) is 37.3 Å². The number of alkyl halides is 1. The quantitative estimate of drug-likeness (QED) is 0.750. The van der Waals surface area contributed by atoms with E-state index in [4.69, 9.17) is 32.1 Å². The highest BCUT2D eigenvalue weighted by Gasteiger charge is 2.47. The van der Waals surface area contributed by atoms with Crippen molar-refractivity contribution in [3.05, 3.63) is 58.4 Å². The van der Waals surface area contributed by atoms with Gasteiger partial charge < -0.3 is 20.5 Å². The Bertz CT molecular complexity index is 1020. The predicted molar refractivity (Wildman–Crippen MR) is 109 cm³/mol. The molecule has 0 aliphatic carbocycles. The average Bonchev–Trinajstić information content (AvgIpc) is 2.74. The van der Waals surface area contributed by atoms with Crippen LogP contribution in [0.4, 0.5) is 10.1 Å². The maximum Gasteiger partial charge on any atom is 0.283 e. The van der Waals surface area contributed by atoms with Crippen molar-refractivity contribution in [2.24, 2.45) is 10.7 Å². The average molecular weight is 432 g/mol. The zero-order valence-corrected chi connectivity index (χ0v) is 17.0. The minimum atomic E-state index is -1.15. The van der Waals surface area contributed by atoms with E-state index in [0.717, 1.165) is 0 Å². The number of amides is 1. The number of amidine groups is 1. The van der Waals surface area contributed by atoms with Crippen molar-refractivity contribution in [3.8, 4) is 6.07 Å². The second-order valence-electron chi connectivity index (χ2n) is 6.76. The second kappa shape index (κ2) is 8.65. The van der Waals surface area contributed by atoms with Gasteiger partial charge in [0, 0.05) is 29.6 Å². The number of pyridine rings is 1. The molecule has 2 heterocycles. The molecular weight excluding hydrogens is 413 g/mol. The van der Waals surface area contributed by atoms with Gasteiger partial charge in [-0.1, -0.05) is 11.6 Å². The smallest absolute Gasteiger partial charge is 0.283 e. The fourth-order valence-electron chi connectivity index (χ4n) is 3.39. The molecule has 1 aliphatic heterocycles. The van der Waals surface area contributed by atoms with Crippen LogP contribution in [0.15, 0.2) is 41.5 Å². The van der Waals surface area contributed by atoms with Crippen LogP contribution in [-0.2, 0) is 15.0 Å². The summed E-state index contributed by atoms with van der Waals surface area (Å²) in [7, 11) is 1.42. The highest BCUT2D eigenvalue weighted by molar-refractivity contribution is 6.31. The highest BCUT2D eigenvalue weighted by atomic mass is 35.5. The first kappa shape index (κ1) is 21.5. The maximum atomic E-state index is 13.5. The molecule has 0 saturated heterocycles. The van der Waals surface area contributed by atoms with Crippen LogP contribution < -0.4 is 11.1 Å². The summed E-state index contributed by atoms with van der Waals surface area (Å²) in [5.41, 5.74) is 5.98. The van der Waals surface area contributed by atoms with Crippen LogP contribution in [0, 0.1) is 11.3 Å². The van der Waals surface area contributed by atoms with Gasteiger partial charge in [-0.2, -0.15) is 5.26 Å². The van der Waals surface area contributed by atoms with E-state index in [1.54, 1.807) is 25.1 Å². The minimum Gasteiger partial charge on any atom is -0.456 e. The Morgan fingerprint density at radius 2 is 2.23 bits per heavy atom. The fourth-order valence-corrected chi connectivity index (χ4v) is 3.69. The van der Waals surface area contributed by atoms with Gasteiger partial charge in [0.25, 0.3) is 11.9 Å². The zero-order chi connectivity index (χ0) is 21.9. The van der Waals surface area contributed by atoms with Crippen LogP contribution in [0.5, 0.6) is 0 Å². The molecular formula is C20H19ClFN5O3. The van der Waals surface area contributed by atoms with Crippen LogP contribution in [-0.4, -0.2) is 42.9 Å². The number of carbonyl (C=O) groups excluding carboxylic acids is 1. The van der Waals surface area contributed by atoms with E-state index in [1.807, 2.05) is 6.07 Å². The summed E-state index contributed by atoms with van der Waals surface area (Å²) >= 11 is 6.41. The molecule has 3 rings (SSSR count). The van der Waals surface area contributed by atoms with Crippen LogP contribution in [0.2, 0.25) is 5.02 Å². The molecule has 1 aliphatic rings. The predicted octanol–water partition coefficient (Wildman–Crippen LogP) is 2.77. The Hall–Kier alpha value is -3.22. The lowest BCUT2D eigenvalue weighted by Gasteiger charge is -2.41. The standard InChI is InChI=1S/C20H19ClFN5O3/c1-20(17(29-2)16(8-22)30-19(24)27-20)13-7-12(4-5-14(13)21)26-18(28)15-6-3-11(9-23)10-25-15/h3-7,10,16-17H,8H2,1-2H3,(H2,24,27)(H,26,28)/t16-,17+,20-/m1/s1. The Balaban J connectivity index is 1.95. The highest BCUT2D eigenvalue weighted by Crippen LogP contribution is 2.41. The summed E-state index contributed by atoms with van der Waals surface area (Å²) in [6.45, 7) is 0.872. The van der Waals surface area contributed by atoms with Crippen molar-refractivity contribution in [2.45, 2.75) is 24.7 Å². The Labute approximate surface area is 177 Å². The number of anilines is 1. The van der Waals surface area contributed by atoms with E-state index in [2.05, 4.69) is 15.3 Å². The Morgan fingerprint density at radius 3 is 2.83 bits per heavy atom. The third-order valence-corrected chi connectivity index (χ3v) is 5.14. The lowest BCUT2D eigenvalue weighted by molar-refractivity contribution is -0.0697. The number of carbonyl (C=O) groups is 1. The molecule has 156 valence electrons. The largest absolute Gasteiger partial charge is 0.456 e. The summed E-state index contributed by atoms with van der Waals surface area (Å²) < 4.78 is 24.2. The van der Waals surface area contributed by atoms with Crippen LogP contribution >= 0.6 is 11.6 Å². The van der Waals surface area contributed by atoms with Crippen molar-refractivity contribution >= 4 is 29.2 Å². The SMILES string of the molecule is CO[C@H]1[C@@H](CF)OC(N)=N[C@]1(C)c1cc(NC(=O)c2ccc(C#N)cn2)ccc1Cl. The van der Waals surface area contributed by atoms with Gasteiger partial charge in [-0.3, -0.25) is 4.79 Å². The second-order valence-corrected chi connectivity index (χ2v) is 7.16. The summed E-state index contributed by atoms with van der Waals surface area (Å²) in [6.07, 6.45) is -0.462. The summed E-state index contributed by atoms with van der Waals surface area (Å²) in [5, 5.41) is 11.9. The molecule has 1 aromatic heterocycles. The zero-order valence-electron chi connectivity index (χ0n) is 16.2. The first-order chi connectivity index (χ1) is 14.3. The third-order valence-electron chi connectivity index (χ3n) is 4.81. The van der Waals surface area contributed by atoms with Crippen molar-refractivity contribution in [2.75, 3.05) is 19.1 Å². The van der Waals surface area contributed by atoms with E-state index in [1.165, 1.54) is 25.4 Å². The number of hydrogen-bond donors (Lipinski definition) is 2. The molecule has 2 aromatic rings. The van der Waals surface area contributed by atoms with Crippen molar-refractivity contribution < 1.29 is 18.7 Å². The molecule has 3 atom stereocenters. The summed E-state index contributed by atoms with van der Waals surface area (Å²) in [6, 6.07) is 9.51. The van der Waals surface area contributed by atoms with Gasteiger partial charge in [0.1, 0.15) is 30.1 Å². The summed E-state index contributed by atoms with van der Waals surface area (Å²) in [5.74, 6) is -0.474. The number of nitrogens with zero attached hydrogens (tertiary/aromatic N) is 3. The monoisotopic (exact) mass is 431 g/mol. The molecule has 30 heavy (non-hydrogen) atoms. The number of benzene rings is 1. The molecule has 0 bridgehead atoms. The molecule has 0 spiro atoms. The van der Waals surface area contributed by atoms with E-state index >= 15 is 0 Å². The number of halogens is 2. The van der Waals surface area contributed by atoms with E-state index in [-0.39, 0.29) is 11.7 Å². The van der Waals surface area contributed by atoms with E-state index in [0.29, 0.717) is 21.8 Å². The molecule has 1 amide bonds. The molecule has 10 heteroatoms. The lowest BCUT2D eigenvalue weighted by Crippen LogP contribution is -2.53.